The summed E-state index contributed by atoms with van der Waals surface area (Å²) in [6.07, 6.45) is 3.58. The van der Waals surface area contributed by atoms with Crippen LogP contribution >= 0.6 is 0 Å². The van der Waals surface area contributed by atoms with Gasteiger partial charge in [-0.05, 0) is 45.4 Å². The number of nitrogens with one attached hydrogen (secondary N) is 1. The Labute approximate surface area is 178 Å². The maximum atomic E-state index is 12.9. The second kappa shape index (κ2) is 9.47. The number of piperidine rings is 1. The third-order valence-electron chi connectivity index (χ3n) is 6.26. The molecule has 2 aliphatic rings. The van der Waals surface area contributed by atoms with Crippen LogP contribution in [0.4, 0.5) is 0 Å². The van der Waals surface area contributed by atoms with Crippen molar-refractivity contribution in [2.75, 3.05) is 32.7 Å². The van der Waals surface area contributed by atoms with Crippen LogP contribution in [0, 0.1) is 25.7 Å². The van der Waals surface area contributed by atoms with E-state index in [1.807, 2.05) is 11.8 Å². The smallest absolute Gasteiger partial charge is 0.248 e. The van der Waals surface area contributed by atoms with Gasteiger partial charge >= 0.3 is 0 Å². The molecule has 2 amide bonds. The number of carbonyl (C=O) groups excluding carboxylic acids is 2. The van der Waals surface area contributed by atoms with Crippen LogP contribution in [0.1, 0.15) is 50.5 Å². The van der Waals surface area contributed by atoms with E-state index in [1.54, 1.807) is 13.8 Å². The highest BCUT2D eigenvalue weighted by molar-refractivity contribution is 7.89. The van der Waals surface area contributed by atoms with Gasteiger partial charge in [-0.2, -0.15) is 4.31 Å². The summed E-state index contributed by atoms with van der Waals surface area (Å²) >= 11 is 0. The molecule has 3 rings (SSSR count). The second-order valence-electron chi connectivity index (χ2n) is 8.31. The van der Waals surface area contributed by atoms with E-state index in [2.05, 4.69) is 10.5 Å². The van der Waals surface area contributed by atoms with Gasteiger partial charge in [0.1, 0.15) is 10.6 Å². The second-order valence-corrected chi connectivity index (χ2v) is 10.2. The van der Waals surface area contributed by atoms with Gasteiger partial charge in [-0.25, -0.2) is 8.42 Å². The number of hydrogen-bond donors (Lipinski definition) is 1. The first-order valence-electron chi connectivity index (χ1n) is 10.7. The molecule has 2 saturated heterocycles. The molecule has 2 fully saturated rings. The van der Waals surface area contributed by atoms with Gasteiger partial charge in [0.05, 0.1) is 0 Å². The van der Waals surface area contributed by atoms with Crippen LogP contribution in [-0.2, 0) is 19.6 Å². The van der Waals surface area contributed by atoms with Gasteiger partial charge < -0.3 is 14.7 Å². The molecule has 2 aliphatic heterocycles. The van der Waals surface area contributed by atoms with Gasteiger partial charge in [0.2, 0.25) is 21.8 Å². The fourth-order valence-electron chi connectivity index (χ4n) is 4.39. The Morgan fingerprint density at radius 1 is 1.27 bits per heavy atom. The minimum Gasteiger partial charge on any atom is -0.360 e. The number of aromatic nitrogens is 1. The van der Waals surface area contributed by atoms with Gasteiger partial charge in [0.15, 0.2) is 5.76 Å². The summed E-state index contributed by atoms with van der Waals surface area (Å²) < 4.78 is 32.3. The summed E-state index contributed by atoms with van der Waals surface area (Å²) in [4.78, 5) is 26.1. The van der Waals surface area contributed by atoms with Gasteiger partial charge in [-0.15, -0.1) is 0 Å². The molecule has 0 aliphatic carbocycles. The predicted molar refractivity (Wildman–Crippen MR) is 110 cm³/mol. The van der Waals surface area contributed by atoms with Crippen molar-refractivity contribution < 1.29 is 22.5 Å². The Morgan fingerprint density at radius 3 is 2.53 bits per heavy atom. The number of nitrogens with zero attached hydrogens (tertiary/aromatic N) is 3. The standard InChI is InChI=1S/C20H32N4O5S/c1-14(20(26)21-9-5-11-23-10-4-6-18(23)25)17-7-12-24(13-8-17)30(27,28)19-15(2)22-29-16(19)3/h14,17H,4-13H2,1-3H3,(H,21,26)/t14-/m1/s1. The number of likely N-dealkylation sites (tertiary alicyclic amines) is 1. The number of hydrogen-bond acceptors (Lipinski definition) is 6. The van der Waals surface area contributed by atoms with E-state index in [9.17, 15) is 18.0 Å². The molecule has 10 heteroatoms. The lowest BCUT2D eigenvalue weighted by molar-refractivity contribution is -0.127. The molecule has 9 nitrogen and oxygen atoms in total. The highest BCUT2D eigenvalue weighted by atomic mass is 32.2. The minimum atomic E-state index is -3.64. The van der Waals surface area contributed by atoms with Crippen molar-refractivity contribution in [3.8, 4) is 0 Å². The van der Waals surface area contributed by atoms with Crippen LogP contribution in [0.15, 0.2) is 9.42 Å². The Hall–Kier alpha value is -1.94. The quantitative estimate of drug-likeness (QED) is 0.613. The van der Waals surface area contributed by atoms with E-state index in [1.165, 1.54) is 4.31 Å². The number of sulfonamides is 1. The van der Waals surface area contributed by atoms with Crippen LogP contribution < -0.4 is 5.32 Å². The molecule has 1 aromatic heterocycles. The zero-order valence-corrected chi connectivity index (χ0v) is 18.8. The summed E-state index contributed by atoms with van der Waals surface area (Å²) in [5, 5.41) is 6.72. The summed E-state index contributed by atoms with van der Waals surface area (Å²) in [6.45, 7) is 7.95. The highest BCUT2D eigenvalue weighted by Gasteiger charge is 2.36. The number of rotatable bonds is 8. The average molecular weight is 441 g/mol. The topological polar surface area (TPSA) is 113 Å². The molecule has 0 spiro atoms. The van der Waals surface area contributed by atoms with E-state index in [0.29, 0.717) is 56.9 Å². The maximum Gasteiger partial charge on any atom is 0.248 e. The van der Waals surface area contributed by atoms with E-state index in [0.717, 1.165) is 19.4 Å². The molecule has 168 valence electrons. The molecule has 0 bridgehead atoms. The predicted octanol–water partition coefficient (Wildman–Crippen LogP) is 1.46. The average Bonchev–Trinajstić information content (AvgIpc) is 3.29. The zero-order chi connectivity index (χ0) is 21.9. The van der Waals surface area contributed by atoms with Crippen molar-refractivity contribution in [3.05, 3.63) is 11.5 Å². The maximum absolute atomic E-state index is 12.9. The van der Waals surface area contributed by atoms with Crippen LogP contribution in [0.3, 0.4) is 0 Å². The monoisotopic (exact) mass is 440 g/mol. The molecule has 1 aromatic rings. The fraction of sp³-hybridized carbons (Fsp3) is 0.750. The van der Waals surface area contributed by atoms with Crippen molar-refractivity contribution in [1.82, 2.24) is 19.7 Å². The third-order valence-corrected chi connectivity index (χ3v) is 8.40. The summed E-state index contributed by atoms with van der Waals surface area (Å²) in [5.41, 5.74) is 0.373. The molecule has 0 saturated carbocycles. The van der Waals surface area contributed by atoms with Crippen LogP contribution in [-0.4, -0.2) is 67.3 Å². The third kappa shape index (κ3) is 4.85. The molecule has 1 N–H and O–H groups in total. The lowest BCUT2D eigenvalue weighted by atomic mass is 9.85. The molecule has 0 unspecified atom stereocenters. The van der Waals surface area contributed by atoms with Gasteiger partial charge in [-0.1, -0.05) is 12.1 Å². The fourth-order valence-corrected chi connectivity index (χ4v) is 6.15. The highest BCUT2D eigenvalue weighted by Crippen LogP contribution is 2.30. The van der Waals surface area contributed by atoms with Crippen LogP contribution in [0.25, 0.3) is 0 Å². The van der Waals surface area contributed by atoms with Crippen molar-refractivity contribution in [2.45, 2.75) is 57.8 Å². The van der Waals surface area contributed by atoms with E-state index >= 15 is 0 Å². The van der Waals surface area contributed by atoms with E-state index in [4.69, 9.17) is 4.52 Å². The summed E-state index contributed by atoms with van der Waals surface area (Å²) in [5.74, 6) is 0.462. The lowest BCUT2D eigenvalue weighted by Crippen LogP contribution is -2.43. The van der Waals surface area contributed by atoms with Crippen LogP contribution in [0.2, 0.25) is 0 Å². The van der Waals surface area contributed by atoms with Gasteiger partial charge in [-0.3, -0.25) is 9.59 Å². The van der Waals surface area contributed by atoms with Crippen LogP contribution in [0.5, 0.6) is 0 Å². The molecule has 0 radical (unpaired) electrons. The Bertz CT molecular complexity index is 854. The first kappa shape index (κ1) is 22.7. The van der Waals surface area contributed by atoms with E-state index < -0.39 is 10.0 Å². The van der Waals surface area contributed by atoms with Crippen molar-refractivity contribution >= 4 is 21.8 Å². The van der Waals surface area contributed by atoms with Crippen molar-refractivity contribution in [3.63, 3.8) is 0 Å². The largest absolute Gasteiger partial charge is 0.360 e. The molecule has 1 atom stereocenters. The first-order chi connectivity index (χ1) is 14.2. The normalized spacial score (nSPS) is 20.0. The van der Waals surface area contributed by atoms with Crippen molar-refractivity contribution in [1.29, 1.82) is 0 Å². The Balaban J connectivity index is 1.45. The zero-order valence-electron chi connectivity index (χ0n) is 18.0. The Kier molecular flexibility index (Phi) is 7.18. The molecule has 3 heterocycles. The van der Waals surface area contributed by atoms with Crippen molar-refractivity contribution in [2.24, 2.45) is 11.8 Å². The van der Waals surface area contributed by atoms with Gasteiger partial charge in [0, 0.05) is 45.1 Å². The molecule has 30 heavy (non-hydrogen) atoms. The minimum absolute atomic E-state index is 0.00483. The molecular weight excluding hydrogens is 408 g/mol. The molecular formula is C20H32N4O5S. The molecule has 0 aromatic carbocycles. The SMILES string of the molecule is Cc1noc(C)c1S(=O)(=O)N1CCC([C@@H](C)C(=O)NCCCN2CCCC2=O)CC1. The van der Waals surface area contributed by atoms with E-state index in [-0.39, 0.29) is 28.5 Å². The Morgan fingerprint density at radius 2 is 1.97 bits per heavy atom. The first-order valence-corrected chi connectivity index (χ1v) is 12.1. The summed E-state index contributed by atoms with van der Waals surface area (Å²) in [7, 11) is -3.64. The van der Waals surface area contributed by atoms with Gasteiger partial charge in [0.25, 0.3) is 0 Å². The number of aryl methyl sites for hydroxylation is 2. The number of carbonyl (C=O) groups is 2. The lowest BCUT2D eigenvalue weighted by Gasteiger charge is -2.33. The summed E-state index contributed by atoms with van der Waals surface area (Å²) in [6, 6.07) is 0. The number of amides is 2.